The third-order valence-corrected chi connectivity index (χ3v) is 1.95. The molecule has 5 heteroatoms. The predicted molar refractivity (Wildman–Crippen MR) is 52.3 cm³/mol. The number of aromatic nitrogens is 1. The number of rotatable bonds is 1. The second kappa shape index (κ2) is 3.94. The van der Waals surface area contributed by atoms with Crippen LogP contribution < -0.4 is 0 Å². The minimum atomic E-state index is -0.186. The van der Waals surface area contributed by atoms with Crippen molar-refractivity contribution in [1.82, 2.24) is 9.88 Å². The van der Waals surface area contributed by atoms with Crippen LogP contribution in [0.4, 0.5) is 0 Å². The molecule has 3 nitrogen and oxygen atoms in total. The van der Waals surface area contributed by atoms with Gasteiger partial charge in [-0.05, 0) is 12.1 Å². The van der Waals surface area contributed by atoms with Gasteiger partial charge in [0.1, 0.15) is 10.3 Å². The van der Waals surface area contributed by atoms with E-state index in [0.29, 0.717) is 5.56 Å². The van der Waals surface area contributed by atoms with Crippen molar-refractivity contribution in [2.75, 3.05) is 14.1 Å². The van der Waals surface area contributed by atoms with E-state index in [1.54, 1.807) is 20.2 Å². The van der Waals surface area contributed by atoms with Gasteiger partial charge in [0.05, 0.1) is 5.56 Å². The highest BCUT2D eigenvalue weighted by Gasteiger charge is 2.12. The summed E-state index contributed by atoms with van der Waals surface area (Å²) in [7, 11) is 3.29. The lowest BCUT2D eigenvalue weighted by molar-refractivity contribution is 0.0827. The molecule has 0 spiro atoms. The van der Waals surface area contributed by atoms with Crippen molar-refractivity contribution >= 4 is 29.1 Å². The second-order valence-electron chi connectivity index (χ2n) is 2.67. The molecular formula is C8H8Cl2N2O. The van der Waals surface area contributed by atoms with Crippen molar-refractivity contribution < 1.29 is 4.79 Å². The van der Waals surface area contributed by atoms with Crippen LogP contribution in [0, 0.1) is 0 Å². The smallest absolute Gasteiger partial charge is 0.256 e. The summed E-state index contributed by atoms with van der Waals surface area (Å²) in [5, 5.41) is 0.409. The molecule has 0 aliphatic carbocycles. The van der Waals surface area contributed by atoms with Crippen LogP contribution >= 0.6 is 23.2 Å². The summed E-state index contributed by atoms with van der Waals surface area (Å²) in [6.07, 6.45) is 0. The van der Waals surface area contributed by atoms with Gasteiger partial charge >= 0.3 is 0 Å². The van der Waals surface area contributed by atoms with Crippen molar-refractivity contribution in [2.24, 2.45) is 0 Å². The molecule has 0 bridgehead atoms. The summed E-state index contributed by atoms with van der Waals surface area (Å²) >= 11 is 11.3. The summed E-state index contributed by atoms with van der Waals surface area (Å²) in [4.78, 5) is 16.6. The van der Waals surface area contributed by atoms with Gasteiger partial charge in [-0.25, -0.2) is 4.98 Å². The summed E-state index contributed by atoms with van der Waals surface area (Å²) in [6.45, 7) is 0. The Labute approximate surface area is 86.3 Å². The summed E-state index contributed by atoms with van der Waals surface area (Å²) in [6, 6.07) is 3.09. The Kier molecular flexibility index (Phi) is 3.12. The average molecular weight is 219 g/mol. The molecule has 1 rings (SSSR count). The highest BCUT2D eigenvalue weighted by atomic mass is 35.5. The van der Waals surface area contributed by atoms with Gasteiger partial charge in [-0.1, -0.05) is 23.2 Å². The van der Waals surface area contributed by atoms with Gasteiger partial charge in [-0.2, -0.15) is 0 Å². The fourth-order valence-electron chi connectivity index (χ4n) is 0.813. The van der Waals surface area contributed by atoms with E-state index in [2.05, 4.69) is 4.98 Å². The van der Waals surface area contributed by atoms with E-state index in [9.17, 15) is 4.79 Å². The SMILES string of the molecule is CN(C)C(=O)c1ccc(Cl)nc1Cl. The second-order valence-corrected chi connectivity index (χ2v) is 3.42. The van der Waals surface area contributed by atoms with Crippen LogP contribution in [-0.4, -0.2) is 29.9 Å². The van der Waals surface area contributed by atoms with Gasteiger partial charge in [0.15, 0.2) is 0 Å². The molecule has 1 aromatic heterocycles. The lowest BCUT2D eigenvalue weighted by Crippen LogP contribution is -2.22. The number of hydrogen-bond donors (Lipinski definition) is 0. The van der Waals surface area contributed by atoms with Crippen molar-refractivity contribution in [3.63, 3.8) is 0 Å². The van der Waals surface area contributed by atoms with Gasteiger partial charge in [0.2, 0.25) is 0 Å². The average Bonchev–Trinajstić information content (AvgIpc) is 2.03. The van der Waals surface area contributed by atoms with Crippen LogP contribution in [0.15, 0.2) is 12.1 Å². The molecule has 0 fully saturated rings. The molecule has 13 heavy (non-hydrogen) atoms. The zero-order valence-electron chi connectivity index (χ0n) is 7.21. The van der Waals surface area contributed by atoms with Crippen molar-refractivity contribution in [2.45, 2.75) is 0 Å². The van der Waals surface area contributed by atoms with E-state index in [1.807, 2.05) is 0 Å². The molecule has 1 aromatic rings. The van der Waals surface area contributed by atoms with Crippen LogP contribution in [0.5, 0.6) is 0 Å². The van der Waals surface area contributed by atoms with Crippen molar-refractivity contribution in [1.29, 1.82) is 0 Å². The monoisotopic (exact) mass is 218 g/mol. The lowest BCUT2D eigenvalue weighted by atomic mass is 10.2. The molecule has 1 amide bonds. The van der Waals surface area contributed by atoms with Crippen molar-refractivity contribution in [3.8, 4) is 0 Å². The minimum Gasteiger partial charge on any atom is -0.345 e. The van der Waals surface area contributed by atoms with Crippen LogP contribution in [0.3, 0.4) is 0 Å². The first kappa shape index (κ1) is 10.3. The third kappa shape index (κ3) is 2.32. The maximum absolute atomic E-state index is 11.4. The number of amides is 1. The lowest BCUT2D eigenvalue weighted by Gasteiger charge is -2.10. The van der Waals surface area contributed by atoms with Gasteiger partial charge in [-0.3, -0.25) is 4.79 Å². The van der Waals surface area contributed by atoms with E-state index < -0.39 is 0 Å². The summed E-state index contributed by atoms with van der Waals surface area (Å²) in [5.41, 5.74) is 0.357. The zero-order valence-corrected chi connectivity index (χ0v) is 8.73. The molecule has 0 aliphatic heterocycles. The first-order valence-electron chi connectivity index (χ1n) is 3.56. The van der Waals surface area contributed by atoms with E-state index in [1.165, 1.54) is 11.0 Å². The molecule has 70 valence electrons. The first-order chi connectivity index (χ1) is 6.02. The normalized spacial score (nSPS) is 9.85. The van der Waals surface area contributed by atoms with Gasteiger partial charge in [-0.15, -0.1) is 0 Å². The predicted octanol–water partition coefficient (Wildman–Crippen LogP) is 2.09. The van der Waals surface area contributed by atoms with Gasteiger partial charge in [0, 0.05) is 14.1 Å². The fourth-order valence-corrected chi connectivity index (χ4v) is 1.24. The first-order valence-corrected chi connectivity index (χ1v) is 4.31. The Morgan fingerprint density at radius 3 is 2.46 bits per heavy atom. The van der Waals surface area contributed by atoms with Crippen LogP contribution in [-0.2, 0) is 0 Å². The molecule has 0 saturated carbocycles. The molecule has 0 N–H and O–H groups in total. The van der Waals surface area contributed by atoms with Crippen LogP contribution in [0.2, 0.25) is 10.3 Å². The Hall–Kier alpha value is -0.800. The Morgan fingerprint density at radius 1 is 1.38 bits per heavy atom. The molecule has 0 unspecified atom stereocenters. The highest BCUT2D eigenvalue weighted by Crippen LogP contribution is 2.17. The van der Waals surface area contributed by atoms with Gasteiger partial charge in [0.25, 0.3) is 5.91 Å². The molecular weight excluding hydrogens is 211 g/mol. The van der Waals surface area contributed by atoms with Crippen LogP contribution in [0.1, 0.15) is 10.4 Å². The van der Waals surface area contributed by atoms with Crippen LogP contribution in [0.25, 0.3) is 0 Å². The third-order valence-electron chi connectivity index (χ3n) is 1.45. The molecule has 0 radical (unpaired) electrons. The van der Waals surface area contributed by atoms with E-state index >= 15 is 0 Å². The molecule has 0 aliphatic rings. The van der Waals surface area contributed by atoms with E-state index in [4.69, 9.17) is 23.2 Å². The fraction of sp³-hybridized carbons (Fsp3) is 0.250. The standard InChI is InChI=1S/C8H8Cl2N2O/c1-12(2)8(13)5-3-4-6(9)11-7(5)10/h3-4H,1-2H3. The molecule has 0 aromatic carbocycles. The summed E-state index contributed by atoms with van der Waals surface area (Å²) in [5.74, 6) is -0.186. The minimum absolute atomic E-state index is 0.131. The number of halogens is 2. The van der Waals surface area contributed by atoms with Gasteiger partial charge < -0.3 is 4.90 Å². The number of pyridine rings is 1. The largest absolute Gasteiger partial charge is 0.345 e. The maximum Gasteiger partial charge on any atom is 0.256 e. The Bertz CT molecular complexity index is 339. The summed E-state index contributed by atoms with van der Waals surface area (Å²) < 4.78 is 0. The quantitative estimate of drug-likeness (QED) is 0.677. The number of nitrogens with zero attached hydrogens (tertiary/aromatic N) is 2. The van der Waals surface area contributed by atoms with E-state index in [-0.39, 0.29) is 16.2 Å². The number of hydrogen-bond acceptors (Lipinski definition) is 2. The number of carbonyl (C=O) groups is 1. The maximum atomic E-state index is 11.4. The highest BCUT2D eigenvalue weighted by molar-refractivity contribution is 6.34. The Morgan fingerprint density at radius 2 is 2.00 bits per heavy atom. The molecule has 0 atom stereocenters. The number of carbonyl (C=O) groups excluding carboxylic acids is 1. The molecule has 1 heterocycles. The van der Waals surface area contributed by atoms with E-state index in [0.717, 1.165) is 0 Å². The zero-order chi connectivity index (χ0) is 10.0. The Balaban J connectivity index is 3.09. The molecule has 0 saturated heterocycles. The topological polar surface area (TPSA) is 33.2 Å². The van der Waals surface area contributed by atoms with Crippen molar-refractivity contribution in [3.05, 3.63) is 28.0 Å².